The number of imidazole rings is 1. The Bertz CT molecular complexity index is 566. The number of carboxylic acid groups (broad SMARTS) is 1. The van der Waals surface area contributed by atoms with Crippen LogP contribution in [0.25, 0.3) is 0 Å². The number of nitrogens with zero attached hydrogens (tertiary/aromatic N) is 2. The molecule has 0 saturated carbocycles. The largest absolute Gasteiger partial charge is 0.478 e. The summed E-state index contributed by atoms with van der Waals surface area (Å²) < 4.78 is 7.88. The lowest BCUT2D eigenvalue weighted by Gasteiger charge is -2.07. The fraction of sp³-hybridized carbons (Fsp3) is 0.0909. The van der Waals surface area contributed by atoms with Gasteiger partial charge in [-0.05, 0) is 34.1 Å². The highest BCUT2D eigenvalue weighted by molar-refractivity contribution is 9.10. The van der Waals surface area contributed by atoms with E-state index in [0.717, 1.165) is 0 Å². The van der Waals surface area contributed by atoms with E-state index in [1.165, 1.54) is 12.1 Å². The summed E-state index contributed by atoms with van der Waals surface area (Å²) in [5.41, 5.74) is 0.164. The molecule has 1 aromatic carbocycles. The predicted octanol–water partition coefficient (Wildman–Crippen LogP) is 2.67. The van der Waals surface area contributed by atoms with Gasteiger partial charge in [0, 0.05) is 19.4 Å². The first kappa shape index (κ1) is 11.7. The van der Waals surface area contributed by atoms with Crippen LogP contribution in [-0.2, 0) is 7.05 Å². The minimum absolute atomic E-state index is 0.164. The van der Waals surface area contributed by atoms with Gasteiger partial charge in [0.1, 0.15) is 5.75 Å². The van der Waals surface area contributed by atoms with Gasteiger partial charge in [-0.3, -0.25) is 0 Å². The summed E-state index contributed by atoms with van der Waals surface area (Å²) in [6, 6.07) is 4.97. The van der Waals surface area contributed by atoms with Crippen molar-refractivity contribution in [1.29, 1.82) is 0 Å². The molecule has 0 bridgehead atoms. The van der Waals surface area contributed by atoms with E-state index in [1.807, 2.05) is 0 Å². The molecule has 2 rings (SSSR count). The SMILES string of the molecule is Cn1ccnc1Oc1cc(C(=O)O)ccc1Br. The Balaban J connectivity index is 2.35. The van der Waals surface area contributed by atoms with Crippen molar-refractivity contribution < 1.29 is 14.6 Å². The molecule has 0 radical (unpaired) electrons. The van der Waals surface area contributed by atoms with Gasteiger partial charge in [0.15, 0.2) is 0 Å². The van der Waals surface area contributed by atoms with Gasteiger partial charge >= 0.3 is 12.0 Å². The molecule has 88 valence electrons. The number of benzene rings is 1. The number of carboxylic acids is 1. The number of hydrogen-bond donors (Lipinski definition) is 1. The van der Waals surface area contributed by atoms with Gasteiger partial charge in [0.2, 0.25) is 0 Å². The van der Waals surface area contributed by atoms with E-state index in [0.29, 0.717) is 16.2 Å². The summed E-state index contributed by atoms with van der Waals surface area (Å²) in [6.07, 6.45) is 3.34. The van der Waals surface area contributed by atoms with E-state index in [-0.39, 0.29) is 5.56 Å². The highest BCUT2D eigenvalue weighted by Crippen LogP contribution is 2.29. The lowest BCUT2D eigenvalue weighted by atomic mass is 10.2. The highest BCUT2D eigenvalue weighted by atomic mass is 79.9. The van der Waals surface area contributed by atoms with Crippen molar-refractivity contribution in [3.8, 4) is 11.8 Å². The molecule has 0 aliphatic heterocycles. The normalized spacial score (nSPS) is 10.2. The third-order valence-corrected chi connectivity index (χ3v) is 2.81. The quantitative estimate of drug-likeness (QED) is 0.946. The second-order valence-corrected chi connectivity index (χ2v) is 4.23. The Morgan fingerprint density at radius 1 is 1.53 bits per heavy atom. The van der Waals surface area contributed by atoms with E-state index in [9.17, 15) is 4.79 Å². The molecule has 2 aromatic rings. The molecule has 1 N–H and O–H groups in total. The third kappa shape index (κ3) is 2.47. The minimum Gasteiger partial charge on any atom is -0.478 e. The van der Waals surface area contributed by atoms with E-state index < -0.39 is 5.97 Å². The Hall–Kier alpha value is -1.82. The van der Waals surface area contributed by atoms with Crippen LogP contribution in [-0.4, -0.2) is 20.6 Å². The third-order valence-electron chi connectivity index (χ3n) is 2.16. The van der Waals surface area contributed by atoms with Crippen LogP contribution in [0.3, 0.4) is 0 Å². The second-order valence-electron chi connectivity index (χ2n) is 3.37. The molecule has 0 atom stereocenters. The number of aromatic nitrogens is 2. The van der Waals surface area contributed by atoms with Crippen molar-refractivity contribution in [3.05, 3.63) is 40.6 Å². The average molecular weight is 297 g/mol. The summed E-state index contributed by atoms with van der Waals surface area (Å²) in [5, 5.41) is 8.89. The van der Waals surface area contributed by atoms with Gasteiger partial charge in [-0.15, -0.1) is 0 Å². The molecule has 0 amide bonds. The fourth-order valence-corrected chi connectivity index (χ4v) is 1.59. The summed E-state index contributed by atoms with van der Waals surface area (Å²) >= 11 is 3.29. The molecular weight excluding hydrogens is 288 g/mol. The molecule has 1 aromatic heterocycles. The first-order valence-electron chi connectivity index (χ1n) is 4.76. The first-order chi connectivity index (χ1) is 8.08. The van der Waals surface area contributed by atoms with E-state index >= 15 is 0 Å². The Morgan fingerprint density at radius 2 is 2.29 bits per heavy atom. The minimum atomic E-state index is -0.998. The predicted molar refractivity (Wildman–Crippen MR) is 64.4 cm³/mol. The maximum Gasteiger partial charge on any atom is 0.335 e. The summed E-state index contributed by atoms with van der Waals surface area (Å²) in [7, 11) is 1.79. The molecule has 0 unspecified atom stereocenters. The molecule has 1 heterocycles. The number of aryl methyl sites for hydroxylation is 1. The van der Waals surface area contributed by atoms with E-state index in [2.05, 4.69) is 20.9 Å². The lowest BCUT2D eigenvalue weighted by Crippen LogP contribution is -1.98. The maximum atomic E-state index is 10.8. The zero-order valence-corrected chi connectivity index (χ0v) is 10.5. The van der Waals surface area contributed by atoms with Crippen LogP contribution in [0.5, 0.6) is 11.8 Å². The molecule has 5 nitrogen and oxygen atoms in total. The Labute approximate surface area is 106 Å². The second kappa shape index (κ2) is 4.58. The number of hydrogen-bond acceptors (Lipinski definition) is 3. The summed E-state index contributed by atoms with van der Waals surface area (Å²) in [6.45, 7) is 0. The fourth-order valence-electron chi connectivity index (χ4n) is 1.26. The zero-order chi connectivity index (χ0) is 12.4. The molecule has 6 heteroatoms. The van der Waals surface area contributed by atoms with Crippen LogP contribution in [0, 0.1) is 0 Å². The standard InChI is InChI=1S/C11H9BrN2O3/c1-14-5-4-13-11(14)17-9-6-7(10(15)16)2-3-8(9)12/h2-6H,1H3,(H,15,16). The van der Waals surface area contributed by atoms with Crippen molar-refractivity contribution in [2.75, 3.05) is 0 Å². The molecule has 0 spiro atoms. The van der Waals surface area contributed by atoms with Gasteiger partial charge in [-0.1, -0.05) is 0 Å². The van der Waals surface area contributed by atoms with Gasteiger partial charge in [0.05, 0.1) is 10.0 Å². The topological polar surface area (TPSA) is 64.4 Å². The maximum absolute atomic E-state index is 10.8. The Morgan fingerprint density at radius 3 is 2.88 bits per heavy atom. The van der Waals surface area contributed by atoms with Crippen molar-refractivity contribution >= 4 is 21.9 Å². The van der Waals surface area contributed by atoms with Gasteiger partial charge in [-0.2, -0.15) is 0 Å². The molecule has 0 fully saturated rings. The smallest absolute Gasteiger partial charge is 0.335 e. The summed E-state index contributed by atoms with van der Waals surface area (Å²) in [4.78, 5) is 14.8. The number of carbonyl (C=O) groups is 1. The highest BCUT2D eigenvalue weighted by Gasteiger charge is 2.10. The van der Waals surface area contributed by atoms with Crippen molar-refractivity contribution in [2.24, 2.45) is 7.05 Å². The van der Waals surface area contributed by atoms with Crippen LogP contribution in [0.4, 0.5) is 0 Å². The number of rotatable bonds is 3. The van der Waals surface area contributed by atoms with Gasteiger partial charge in [0.25, 0.3) is 0 Å². The van der Waals surface area contributed by atoms with E-state index in [1.54, 1.807) is 30.1 Å². The van der Waals surface area contributed by atoms with Crippen LogP contribution in [0.1, 0.15) is 10.4 Å². The zero-order valence-electron chi connectivity index (χ0n) is 8.92. The first-order valence-corrected chi connectivity index (χ1v) is 5.55. The van der Waals surface area contributed by atoms with Crippen LogP contribution < -0.4 is 4.74 Å². The van der Waals surface area contributed by atoms with Crippen molar-refractivity contribution in [2.45, 2.75) is 0 Å². The van der Waals surface area contributed by atoms with Crippen LogP contribution in [0.15, 0.2) is 35.1 Å². The monoisotopic (exact) mass is 296 g/mol. The number of ether oxygens (including phenoxy) is 1. The molecular formula is C11H9BrN2O3. The average Bonchev–Trinajstić information content (AvgIpc) is 2.67. The molecule has 0 aliphatic rings. The summed E-state index contributed by atoms with van der Waals surface area (Å²) in [5.74, 6) is -0.582. The molecule has 0 saturated heterocycles. The van der Waals surface area contributed by atoms with Crippen molar-refractivity contribution in [1.82, 2.24) is 9.55 Å². The van der Waals surface area contributed by atoms with Gasteiger partial charge in [-0.25, -0.2) is 9.78 Å². The lowest BCUT2D eigenvalue weighted by molar-refractivity contribution is 0.0696. The molecule has 0 aliphatic carbocycles. The van der Waals surface area contributed by atoms with Gasteiger partial charge < -0.3 is 14.4 Å². The van der Waals surface area contributed by atoms with Crippen LogP contribution >= 0.6 is 15.9 Å². The Kier molecular flexibility index (Phi) is 3.14. The van der Waals surface area contributed by atoms with Crippen molar-refractivity contribution in [3.63, 3.8) is 0 Å². The number of halogens is 1. The van der Waals surface area contributed by atoms with E-state index in [4.69, 9.17) is 9.84 Å². The number of aromatic carboxylic acids is 1. The van der Waals surface area contributed by atoms with Crippen LogP contribution in [0.2, 0.25) is 0 Å². The molecule has 17 heavy (non-hydrogen) atoms.